The van der Waals surface area contributed by atoms with E-state index in [1.54, 1.807) is 0 Å². The van der Waals surface area contributed by atoms with E-state index >= 15 is 0 Å². The van der Waals surface area contributed by atoms with Gasteiger partial charge in [-0.25, -0.2) is 0 Å². The maximum absolute atomic E-state index is 2.44. The predicted molar refractivity (Wildman–Crippen MR) is 133 cm³/mol. The zero-order chi connectivity index (χ0) is 21.0. The zero-order valence-corrected chi connectivity index (χ0v) is 18.5. The fourth-order valence-electron chi connectivity index (χ4n) is 4.22. The number of rotatable bonds is 0. The molecular formula is C28H31N. The van der Waals surface area contributed by atoms with Gasteiger partial charge in [-0.15, -0.1) is 0 Å². The standard InChI is InChI=1S/C22H13N.3C2H6/c1-2-12-19-15(8-1)17-10-5-11-18-16-9-3-6-14-7-4-13-20(21(14)16)23(19)22(17)18;3*1-2/h1-13H;3*1-2H3. The molecule has 2 aromatic heterocycles. The molecule has 0 aliphatic carbocycles. The van der Waals surface area contributed by atoms with Crippen LogP contribution in [0.2, 0.25) is 0 Å². The minimum atomic E-state index is 1.29. The number of hydrogen-bond acceptors (Lipinski definition) is 0. The molecule has 0 saturated carbocycles. The average molecular weight is 382 g/mol. The van der Waals surface area contributed by atoms with Gasteiger partial charge in [-0.1, -0.05) is 108 Å². The number of aromatic nitrogens is 1. The van der Waals surface area contributed by atoms with Crippen LogP contribution in [0.5, 0.6) is 0 Å². The fourth-order valence-corrected chi connectivity index (χ4v) is 4.22. The predicted octanol–water partition coefficient (Wildman–Crippen LogP) is 9.07. The molecule has 2 heterocycles. The van der Waals surface area contributed by atoms with Crippen molar-refractivity contribution in [3.63, 3.8) is 0 Å². The third kappa shape index (κ3) is 3.02. The Kier molecular flexibility index (Phi) is 6.39. The summed E-state index contributed by atoms with van der Waals surface area (Å²) >= 11 is 0. The smallest absolute Gasteiger partial charge is 0.0619 e. The van der Waals surface area contributed by atoms with Gasteiger partial charge in [-0.05, 0) is 22.9 Å². The molecule has 0 aliphatic heterocycles. The SMILES string of the molecule is CC.CC.CC.c1cc2cccc3c2c(c1)c1cccc2c4ccccc4n3c12. The Labute approximate surface area is 173 Å². The molecule has 0 bridgehead atoms. The van der Waals surface area contributed by atoms with E-state index < -0.39 is 0 Å². The van der Waals surface area contributed by atoms with Crippen LogP contribution in [0.25, 0.3) is 48.9 Å². The molecule has 0 spiro atoms. The van der Waals surface area contributed by atoms with Crippen LogP contribution < -0.4 is 0 Å². The summed E-state index contributed by atoms with van der Waals surface area (Å²) in [7, 11) is 0. The number of para-hydroxylation sites is 2. The van der Waals surface area contributed by atoms with Crippen molar-refractivity contribution in [2.75, 3.05) is 0 Å². The Hall–Kier alpha value is -3.06. The molecule has 0 fully saturated rings. The van der Waals surface area contributed by atoms with E-state index in [-0.39, 0.29) is 0 Å². The lowest BCUT2D eigenvalue weighted by atomic mass is 9.99. The molecule has 0 aliphatic rings. The quantitative estimate of drug-likeness (QED) is 0.182. The Morgan fingerprint density at radius 2 is 0.931 bits per heavy atom. The topological polar surface area (TPSA) is 4.41 Å². The van der Waals surface area contributed by atoms with Crippen LogP contribution in [-0.2, 0) is 0 Å². The van der Waals surface area contributed by atoms with E-state index in [1.807, 2.05) is 41.5 Å². The summed E-state index contributed by atoms with van der Waals surface area (Å²) in [6.07, 6.45) is 0. The monoisotopic (exact) mass is 381 g/mol. The molecule has 1 nitrogen and oxygen atoms in total. The Balaban J connectivity index is 0.000000370. The lowest BCUT2D eigenvalue weighted by Crippen LogP contribution is -1.91. The summed E-state index contributed by atoms with van der Waals surface area (Å²) in [5.41, 5.74) is 3.92. The van der Waals surface area contributed by atoms with Crippen LogP contribution in [0.4, 0.5) is 0 Å². The van der Waals surface area contributed by atoms with Crippen LogP contribution in [0.15, 0.2) is 78.9 Å². The van der Waals surface area contributed by atoms with Gasteiger partial charge >= 0.3 is 0 Å². The summed E-state index contributed by atoms with van der Waals surface area (Å²) < 4.78 is 2.44. The zero-order valence-electron chi connectivity index (χ0n) is 18.5. The molecule has 29 heavy (non-hydrogen) atoms. The van der Waals surface area contributed by atoms with E-state index in [2.05, 4.69) is 83.3 Å². The summed E-state index contributed by atoms with van der Waals surface area (Å²) in [6, 6.07) is 28.6. The molecule has 0 atom stereocenters. The van der Waals surface area contributed by atoms with Crippen molar-refractivity contribution < 1.29 is 0 Å². The highest BCUT2D eigenvalue weighted by molar-refractivity contribution is 6.26. The minimum absolute atomic E-state index is 1.29. The maximum Gasteiger partial charge on any atom is 0.0619 e. The Morgan fingerprint density at radius 3 is 1.66 bits per heavy atom. The van der Waals surface area contributed by atoms with Crippen molar-refractivity contribution in [1.29, 1.82) is 0 Å². The second-order valence-corrected chi connectivity index (χ2v) is 6.24. The molecule has 4 aromatic carbocycles. The first-order valence-electron chi connectivity index (χ1n) is 11.0. The third-order valence-electron chi connectivity index (χ3n) is 5.11. The Bertz CT molecular complexity index is 1350. The molecule has 6 aromatic rings. The average Bonchev–Trinajstić information content (AvgIpc) is 3.17. The van der Waals surface area contributed by atoms with Crippen LogP contribution in [0.3, 0.4) is 0 Å². The summed E-state index contributed by atoms with van der Waals surface area (Å²) in [5.74, 6) is 0. The van der Waals surface area contributed by atoms with E-state index in [0.29, 0.717) is 0 Å². The van der Waals surface area contributed by atoms with E-state index in [1.165, 1.54) is 48.9 Å². The van der Waals surface area contributed by atoms with E-state index in [4.69, 9.17) is 0 Å². The second kappa shape index (κ2) is 8.96. The van der Waals surface area contributed by atoms with Crippen LogP contribution in [0, 0.1) is 0 Å². The minimum Gasteiger partial charge on any atom is -0.308 e. The summed E-state index contributed by atoms with van der Waals surface area (Å²) in [4.78, 5) is 0. The van der Waals surface area contributed by atoms with Gasteiger partial charge in [-0.3, -0.25) is 0 Å². The Morgan fingerprint density at radius 1 is 0.448 bits per heavy atom. The van der Waals surface area contributed by atoms with Gasteiger partial charge in [0.2, 0.25) is 0 Å². The highest BCUT2D eigenvalue weighted by Gasteiger charge is 2.16. The number of hydrogen-bond donors (Lipinski definition) is 0. The van der Waals surface area contributed by atoms with Crippen LogP contribution >= 0.6 is 0 Å². The van der Waals surface area contributed by atoms with E-state index in [9.17, 15) is 0 Å². The van der Waals surface area contributed by atoms with Crippen molar-refractivity contribution in [3.8, 4) is 0 Å². The van der Waals surface area contributed by atoms with Crippen molar-refractivity contribution in [2.45, 2.75) is 41.5 Å². The van der Waals surface area contributed by atoms with Gasteiger partial charge in [0.1, 0.15) is 0 Å². The van der Waals surface area contributed by atoms with E-state index in [0.717, 1.165) is 0 Å². The van der Waals surface area contributed by atoms with Crippen molar-refractivity contribution in [1.82, 2.24) is 4.40 Å². The first-order valence-corrected chi connectivity index (χ1v) is 11.0. The molecule has 1 heteroatoms. The maximum atomic E-state index is 2.44. The molecule has 0 amide bonds. The molecule has 0 saturated heterocycles. The number of benzene rings is 4. The lowest BCUT2D eigenvalue weighted by molar-refractivity contribution is 1.35. The fraction of sp³-hybridized carbons (Fsp3) is 0.214. The normalized spacial score (nSPS) is 10.4. The summed E-state index contributed by atoms with van der Waals surface area (Å²) in [6.45, 7) is 12.0. The molecular weight excluding hydrogens is 350 g/mol. The van der Waals surface area contributed by atoms with Gasteiger partial charge in [-0.2, -0.15) is 0 Å². The van der Waals surface area contributed by atoms with Crippen molar-refractivity contribution >= 4 is 48.9 Å². The lowest BCUT2D eigenvalue weighted by Gasteiger charge is -2.12. The van der Waals surface area contributed by atoms with Crippen molar-refractivity contribution in [3.05, 3.63) is 78.9 Å². The summed E-state index contributed by atoms with van der Waals surface area (Å²) in [5, 5.41) is 8.01. The number of fused-ring (bicyclic) bond motifs is 5. The van der Waals surface area contributed by atoms with Crippen molar-refractivity contribution in [2.24, 2.45) is 0 Å². The highest BCUT2D eigenvalue weighted by atomic mass is 14.9. The molecule has 0 N–H and O–H groups in total. The number of nitrogens with zero attached hydrogens (tertiary/aromatic N) is 1. The molecule has 6 rings (SSSR count). The third-order valence-corrected chi connectivity index (χ3v) is 5.11. The first kappa shape index (κ1) is 20.7. The van der Waals surface area contributed by atoms with Crippen LogP contribution in [-0.4, -0.2) is 4.40 Å². The van der Waals surface area contributed by atoms with Gasteiger partial charge in [0.05, 0.1) is 16.6 Å². The van der Waals surface area contributed by atoms with Crippen LogP contribution in [0.1, 0.15) is 41.5 Å². The van der Waals surface area contributed by atoms with Gasteiger partial charge in [0, 0.05) is 21.5 Å². The highest BCUT2D eigenvalue weighted by Crippen LogP contribution is 2.39. The molecule has 0 radical (unpaired) electrons. The van der Waals surface area contributed by atoms with Gasteiger partial charge in [0.15, 0.2) is 0 Å². The molecule has 148 valence electrons. The molecule has 0 unspecified atom stereocenters. The number of pyridine rings is 1. The second-order valence-electron chi connectivity index (χ2n) is 6.24. The van der Waals surface area contributed by atoms with Gasteiger partial charge in [0.25, 0.3) is 0 Å². The first-order chi connectivity index (χ1) is 14.4. The van der Waals surface area contributed by atoms with Gasteiger partial charge < -0.3 is 4.40 Å². The largest absolute Gasteiger partial charge is 0.308 e.